The van der Waals surface area contributed by atoms with E-state index in [2.05, 4.69) is 11.5 Å². The third-order valence-electron chi connectivity index (χ3n) is 2.19. The third kappa shape index (κ3) is 4.37. The van der Waals surface area contributed by atoms with Crippen molar-refractivity contribution >= 4 is 18.1 Å². The Bertz CT molecular complexity index is 679. The lowest BCUT2D eigenvalue weighted by Crippen LogP contribution is -2.21. The fourth-order valence-corrected chi connectivity index (χ4v) is 2.71. The maximum Gasteiger partial charge on any atom is 0.418 e. The molecule has 1 aromatic rings. The normalized spacial score (nSPS) is 12.8. The summed E-state index contributed by atoms with van der Waals surface area (Å²) in [6, 6.07) is 3.17. The number of hydrogen-bond donors (Lipinski definition) is 1. The van der Waals surface area contributed by atoms with Crippen molar-refractivity contribution in [2.24, 2.45) is 5.14 Å². The molecule has 0 bridgehead atoms. The summed E-state index contributed by atoms with van der Waals surface area (Å²) in [4.78, 5) is -0.952. The van der Waals surface area contributed by atoms with Crippen LogP contribution in [0, 0.1) is 11.5 Å². The summed E-state index contributed by atoms with van der Waals surface area (Å²) >= 11 is 0. The molecule has 0 aliphatic rings. The molecule has 0 radical (unpaired) electrons. The standard InChI is InChI=1S/C12H14F3NO2SSi/c1-20(2,3)8-7-9-5-4-6-10(19(16,17)18)11(9)12(13,14)15/h4-6H,1-3H3,(H2,16,17,18). The Balaban J connectivity index is 3.67. The summed E-state index contributed by atoms with van der Waals surface area (Å²) in [6.07, 6.45) is -4.84. The summed E-state index contributed by atoms with van der Waals surface area (Å²) in [7, 11) is -6.36. The lowest BCUT2D eigenvalue weighted by molar-refractivity contribution is -0.140. The SMILES string of the molecule is C[Si](C)(C)C#Cc1cccc(S(N)(=O)=O)c1C(F)(F)F. The molecule has 0 aromatic heterocycles. The summed E-state index contributed by atoms with van der Waals surface area (Å²) < 4.78 is 61.8. The number of benzene rings is 1. The van der Waals surface area contributed by atoms with Crippen LogP contribution >= 0.6 is 0 Å². The predicted octanol–water partition coefficient (Wildman–Crippen LogP) is 2.58. The van der Waals surface area contributed by atoms with Gasteiger partial charge in [-0.2, -0.15) is 13.2 Å². The van der Waals surface area contributed by atoms with Crippen molar-refractivity contribution in [2.45, 2.75) is 30.7 Å². The number of hydrogen-bond acceptors (Lipinski definition) is 2. The largest absolute Gasteiger partial charge is 0.418 e. The Morgan fingerprint density at radius 2 is 1.75 bits per heavy atom. The van der Waals surface area contributed by atoms with Crippen LogP contribution in [0.3, 0.4) is 0 Å². The summed E-state index contributed by atoms with van der Waals surface area (Å²) in [5.41, 5.74) is 1.12. The average Bonchev–Trinajstić information content (AvgIpc) is 2.22. The summed E-state index contributed by atoms with van der Waals surface area (Å²) in [5.74, 6) is 2.44. The minimum Gasteiger partial charge on any atom is -0.225 e. The number of alkyl halides is 3. The van der Waals surface area contributed by atoms with Gasteiger partial charge in [-0.05, 0) is 12.1 Å². The molecule has 0 unspecified atom stereocenters. The Labute approximate surface area is 117 Å². The van der Waals surface area contributed by atoms with Crippen LogP contribution in [0.5, 0.6) is 0 Å². The Morgan fingerprint density at radius 3 is 2.15 bits per heavy atom. The van der Waals surface area contributed by atoms with Crippen LogP contribution in [0.4, 0.5) is 13.2 Å². The van der Waals surface area contributed by atoms with Gasteiger partial charge in [-0.15, -0.1) is 5.54 Å². The molecule has 0 aliphatic heterocycles. The number of rotatable bonds is 1. The molecule has 0 amide bonds. The second-order valence-electron chi connectivity index (χ2n) is 5.22. The fraction of sp³-hybridized carbons (Fsp3) is 0.333. The maximum atomic E-state index is 13.1. The van der Waals surface area contributed by atoms with Gasteiger partial charge in [0, 0.05) is 5.56 Å². The van der Waals surface area contributed by atoms with Crippen LogP contribution < -0.4 is 5.14 Å². The van der Waals surface area contributed by atoms with E-state index in [0.717, 1.165) is 12.1 Å². The first kappa shape index (κ1) is 16.8. The van der Waals surface area contributed by atoms with Gasteiger partial charge >= 0.3 is 6.18 Å². The molecule has 0 atom stereocenters. The number of nitrogens with two attached hydrogens (primary N) is 1. The van der Waals surface area contributed by atoms with Gasteiger partial charge in [0.1, 0.15) is 8.07 Å². The maximum absolute atomic E-state index is 13.1. The van der Waals surface area contributed by atoms with E-state index in [9.17, 15) is 21.6 Å². The zero-order chi connectivity index (χ0) is 15.8. The van der Waals surface area contributed by atoms with Gasteiger partial charge in [-0.1, -0.05) is 31.6 Å². The molecule has 110 valence electrons. The van der Waals surface area contributed by atoms with Crippen molar-refractivity contribution in [3.63, 3.8) is 0 Å². The van der Waals surface area contributed by atoms with Crippen LogP contribution in [0.2, 0.25) is 19.6 Å². The van der Waals surface area contributed by atoms with Crippen LogP contribution in [0.1, 0.15) is 11.1 Å². The smallest absolute Gasteiger partial charge is 0.225 e. The molecule has 0 heterocycles. The topological polar surface area (TPSA) is 60.2 Å². The molecule has 8 heteroatoms. The first-order chi connectivity index (χ1) is 8.82. The number of halogens is 3. The molecular weight excluding hydrogens is 307 g/mol. The molecule has 1 rings (SSSR count). The van der Waals surface area contributed by atoms with Crippen molar-refractivity contribution in [1.82, 2.24) is 0 Å². The average molecular weight is 321 g/mol. The van der Waals surface area contributed by atoms with Gasteiger partial charge in [0.25, 0.3) is 0 Å². The van der Waals surface area contributed by atoms with Gasteiger partial charge in [0.2, 0.25) is 10.0 Å². The van der Waals surface area contributed by atoms with Crippen molar-refractivity contribution < 1.29 is 21.6 Å². The van der Waals surface area contributed by atoms with Crippen LogP contribution in [0.15, 0.2) is 23.1 Å². The highest BCUT2D eigenvalue weighted by atomic mass is 32.2. The number of sulfonamides is 1. The van der Waals surface area contributed by atoms with E-state index in [1.807, 2.05) is 19.6 Å². The zero-order valence-corrected chi connectivity index (χ0v) is 13.0. The number of primary sulfonamides is 1. The Kier molecular flexibility index (Phi) is 4.39. The van der Waals surface area contributed by atoms with Crippen LogP contribution in [-0.4, -0.2) is 16.5 Å². The van der Waals surface area contributed by atoms with Crippen molar-refractivity contribution in [3.05, 3.63) is 29.3 Å². The zero-order valence-electron chi connectivity index (χ0n) is 11.2. The molecule has 0 aliphatic carbocycles. The van der Waals surface area contributed by atoms with E-state index < -0.39 is 34.7 Å². The molecule has 2 N–H and O–H groups in total. The molecular formula is C12H14F3NO2SSi. The monoisotopic (exact) mass is 321 g/mol. The fourth-order valence-electron chi connectivity index (χ4n) is 1.42. The summed E-state index contributed by atoms with van der Waals surface area (Å²) in [5, 5.41) is 4.84. The van der Waals surface area contributed by atoms with Crippen molar-refractivity contribution in [2.75, 3.05) is 0 Å². The second kappa shape index (κ2) is 5.24. The van der Waals surface area contributed by atoms with Crippen molar-refractivity contribution in [3.8, 4) is 11.5 Å². The Hall–Kier alpha value is -1.30. The van der Waals surface area contributed by atoms with E-state index >= 15 is 0 Å². The highest BCUT2D eigenvalue weighted by Gasteiger charge is 2.38. The molecule has 0 saturated carbocycles. The Morgan fingerprint density at radius 1 is 1.20 bits per heavy atom. The van der Waals surface area contributed by atoms with Gasteiger partial charge in [0.05, 0.1) is 10.5 Å². The molecule has 0 saturated heterocycles. The summed E-state index contributed by atoms with van der Waals surface area (Å²) in [6.45, 7) is 5.62. The second-order valence-corrected chi connectivity index (χ2v) is 11.5. The molecule has 0 spiro atoms. The van der Waals surface area contributed by atoms with Gasteiger partial charge in [-0.3, -0.25) is 0 Å². The highest BCUT2D eigenvalue weighted by Crippen LogP contribution is 2.36. The highest BCUT2D eigenvalue weighted by molar-refractivity contribution is 7.89. The molecule has 20 heavy (non-hydrogen) atoms. The van der Waals surface area contributed by atoms with E-state index in [4.69, 9.17) is 5.14 Å². The third-order valence-corrected chi connectivity index (χ3v) is 4.02. The van der Waals surface area contributed by atoms with Gasteiger partial charge < -0.3 is 0 Å². The van der Waals surface area contributed by atoms with Gasteiger partial charge in [-0.25, -0.2) is 13.6 Å². The van der Waals surface area contributed by atoms with Crippen molar-refractivity contribution in [1.29, 1.82) is 0 Å². The lowest BCUT2D eigenvalue weighted by atomic mass is 10.1. The molecule has 0 fully saturated rings. The van der Waals surface area contributed by atoms with E-state index in [1.54, 1.807) is 0 Å². The first-order valence-electron chi connectivity index (χ1n) is 5.58. The minimum atomic E-state index is -4.84. The van der Waals surface area contributed by atoms with E-state index in [1.165, 1.54) is 6.07 Å². The van der Waals surface area contributed by atoms with E-state index in [0.29, 0.717) is 0 Å². The minimum absolute atomic E-state index is 0.369. The quantitative estimate of drug-likeness (QED) is 0.638. The van der Waals surface area contributed by atoms with Crippen LogP contribution in [0.25, 0.3) is 0 Å². The van der Waals surface area contributed by atoms with Gasteiger partial charge in [0.15, 0.2) is 0 Å². The predicted molar refractivity (Wildman–Crippen MR) is 73.0 cm³/mol. The lowest BCUT2D eigenvalue weighted by Gasteiger charge is -2.13. The first-order valence-corrected chi connectivity index (χ1v) is 10.6. The molecule has 1 aromatic carbocycles. The molecule has 3 nitrogen and oxygen atoms in total. The van der Waals surface area contributed by atoms with Crippen LogP contribution in [-0.2, 0) is 16.2 Å². The van der Waals surface area contributed by atoms with E-state index in [-0.39, 0.29) is 5.56 Å².